The summed E-state index contributed by atoms with van der Waals surface area (Å²) in [6.07, 6.45) is 4.96. The zero-order chi connectivity index (χ0) is 19.5. The molecule has 0 aliphatic carbocycles. The average Bonchev–Trinajstić information content (AvgIpc) is 3.38. The summed E-state index contributed by atoms with van der Waals surface area (Å²) in [6.45, 7) is 7.03. The lowest BCUT2D eigenvalue weighted by Gasteiger charge is -2.35. The third-order valence-corrected chi connectivity index (χ3v) is 5.65. The molecule has 2 aromatic rings. The minimum absolute atomic E-state index is 0.0296. The molecule has 150 valence electrons. The van der Waals surface area contributed by atoms with E-state index < -0.39 is 0 Å². The molecule has 2 saturated heterocycles. The number of carbonyl (C=O) groups is 1. The molecule has 28 heavy (non-hydrogen) atoms. The lowest BCUT2D eigenvalue weighted by Crippen LogP contribution is -2.50. The van der Waals surface area contributed by atoms with Crippen LogP contribution in [-0.4, -0.2) is 70.9 Å². The predicted molar refractivity (Wildman–Crippen MR) is 104 cm³/mol. The standard InChI is InChI=1S/C21H27FN4O2/c1-2-20-19(14-23-26(20)17-7-5-16(22)6-8-17)21(27)25-11-9-24(10-12-25)15-18-4-3-13-28-18/h5-8,14,18H,2-4,9-13,15H2,1H3. The zero-order valence-electron chi connectivity index (χ0n) is 16.3. The summed E-state index contributed by atoms with van der Waals surface area (Å²) in [7, 11) is 0. The Morgan fingerprint density at radius 1 is 1.21 bits per heavy atom. The minimum Gasteiger partial charge on any atom is -0.377 e. The molecular formula is C21H27FN4O2. The number of rotatable bonds is 5. The van der Waals surface area contributed by atoms with Crippen LogP contribution in [0.3, 0.4) is 0 Å². The maximum atomic E-state index is 13.2. The van der Waals surface area contributed by atoms with Gasteiger partial charge in [-0.1, -0.05) is 6.92 Å². The Labute approximate surface area is 164 Å². The van der Waals surface area contributed by atoms with Crippen molar-refractivity contribution in [3.05, 3.63) is 47.5 Å². The molecule has 0 N–H and O–H groups in total. The Morgan fingerprint density at radius 3 is 2.61 bits per heavy atom. The molecule has 1 atom stereocenters. The van der Waals surface area contributed by atoms with Gasteiger partial charge in [0.1, 0.15) is 5.82 Å². The first kappa shape index (κ1) is 19.1. The van der Waals surface area contributed by atoms with Crippen LogP contribution in [0.5, 0.6) is 0 Å². The zero-order valence-corrected chi connectivity index (χ0v) is 16.3. The quantitative estimate of drug-likeness (QED) is 0.792. The number of nitrogens with zero attached hydrogens (tertiary/aromatic N) is 4. The fourth-order valence-corrected chi connectivity index (χ4v) is 4.08. The Hall–Kier alpha value is -2.25. The lowest BCUT2D eigenvalue weighted by molar-refractivity contribution is 0.0432. The summed E-state index contributed by atoms with van der Waals surface area (Å²) in [5.74, 6) is -0.256. The van der Waals surface area contributed by atoms with Crippen LogP contribution in [0.2, 0.25) is 0 Å². The Kier molecular flexibility index (Phi) is 5.73. The maximum Gasteiger partial charge on any atom is 0.257 e. The molecule has 1 amide bonds. The topological polar surface area (TPSA) is 50.6 Å². The fraction of sp³-hybridized carbons (Fsp3) is 0.524. The van der Waals surface area contributed by atoms with E-state index in [1.165, 1.54) is 12.1 Å². The minimum atomic E-state index is -0.286. The van der Waals surface area contributed by atoms with E-state index in [0.717, 1.165) is 63.6 Å². The molecule has 0 spiro atoms. The van der Waals surface area contributed by atoms with Crippen molar-refractivity contribution in [1.29, 1.82) is 0 Å². The van der Waals surface area contributed by atoms with E-state index in [9.17, 15) is 9.18 Å². The summed E-state index contributed by atoms with van der Waals surface area (Å²) in [6, 6.07) is 6.18. The number of aromatic nitrogens is 2. The van der Waals surface area contributed by atoms with Crippen LogP contribution >= 0.6 is 0 Å². The number of carbonyl (C=O) groups excluding carboxylic acids is 1. The van der Waals surface area contributed by atoms with Gasteiger partial charge in [0.25, 0.3) is 5.91 Å². The van der Waals surface area contributed by atoms with Crippen LogP contribution in [0.25, 0.3) is 5.69 Å². The summed E-state index contributed by atoms with van der Waals surface area (Å²) < 4.78 is 20.7. The predicted octanol–water partition coefficient (Wildman–Crippen LogP) is 2.51. The van der Waals surface area contributed by atoms with Gasteiger partial charge in [-0.3, -0.25) is 9.69 Å². The molecule has 2 fully saturated rings. The molecule has 4 rings (SSSR count). The van der Waals surface area contributed by atoms with Gasteiger partial charge in [0.15, 0.2) is 0 Å². The second-order valence-electron chi connectivity index (χ2n) is 7.47. The van der Waals surface area contributed by atoms with E-state index in [1.807, 2.05) is 11.8 Å². The molecule has 1 aromatic heterocycles. The first-order chi connectivity index (χ1) is 13.7. The number of halogens is 1. The third kappa shape index (κ3) is 3.95. The molecule has 0 radical (unpaired) electrons. The van der Waals surface area contributed by atoms with Crippen molar-refractivity contribution in [3.8, 4) is 5.69 Å². The van der Waals surface area contributed by atoms with Crippen LogP contribution in [0.4, 0.5) is 4.39 Å². The summed E-state index contributed by atoms with van der Waals surface area (Å²) in [5, 5.41) is 4.41. The summed E-state index contributed by atoms with van der Waals surface area (Å²) >= 11 is 0. The van der Waals surface area contributed by atoms with Crippen molar-refractivity contribution in [2.45, 2.75) is 32.3 Å². The summed E-state index contributed by atoms with van der Waals surface area (Å²) in [4.78, 5) is 17.4. The number of piperazine rings is 1. The van der Waals surface area contributed by atoms with Crippen LogP contribution in [0.15, 0.2) is 30.5 Å². The first-order valence-corrected chi connectivity index (χ1v) is 10.1. The normalized spacial score (nSPS) is 20.6. The molecule has 3 heterocycles. The Morgan fingerprint density at radius 2 is 1.96 bits per heavy atom. The van der Waals surface area contributed by atoms with Gasteiger partial charge in [-0.2, -0.15) is 5.10 Å². The molecule has 1 aromatic carbocycles. The smallest absolute Gasteiger partial charge is 0.257 e. The maximum absolute atomic E-state index is 13.2. The highest BCUT2D eigenvalue weighted by Gasteiger charge is 2.27. The van der Waals surface area contributed by atoms with Crippen LogP contribution < -0.4 is 0 Å². The van der Waals surface area contributed by atoms with Gasteiger partial charge >= 0.3 is 0 Å². The second-order valence-corrected chi connectivity index (χ2v) is 7.47. The lowest BCUT2D eigenvalue weighted by atomic mass is 10.1. The SMILES string of the molecule is CCc1c(C(=O)N2CCN(CC3CCCO3)CC2)cnn1-c1ccc(F)cc1. The third-order valence-electron chi connectivity index (χ3n) is 5.65. The monoisotopic (exact) mass is 386 g/mol. The van der Waals surface area contributed by atoms with E-state index in [-0.39, 0.29) is 11.7 Å². The highest BCUT2D eigenvalue weighted by molar-refractivity contribution is 5.95. The van der Waals surface area contributed by atoms with Crippen molar-refractivity contribution in [2.75, 3.05) is 39.3 Å². The molecular weight excluding hydrogens is 359 g/mol. The molecule has 6 nitrogen and oxygen atoms in total. The largest absolute Gasteiger partial charge is 0.377 e. The highest BCUT2D eigenvalue weighted by Crippen LogP contribution is 2.20. The number of hydrogen-bond donors (Lipinski definition) is 0. The van der Waals surface area contributed by atoms with Crippen molar-refractivity contribution < 1.29 is 13.9 Å². The van der Waals surface area contributed by atoms with E-state index in [0.29, 0.717) is 18.1 Å². The molecule has 2 aliphatic heterocycles. The number of hydrogen-bond acceptors (Lipinski definition) is 4. The first-order valence-electron chi connectivity index (χ1n) is 10.1. The second kappa shape index (κ2) is 8.41. The van der Waals surface area contributed by atoms with E-state index in [1.54, 1.807) is 23.0 Å². The van der Waals surface area contributed by atoms with Crippen molar-refractivity contribution >= 4 is 5.91 Å². The van der Waals surface area contributed by atoms with Gasteiger partial charge in [0.2, 0.25) is 0 Å². The van der Waals surface area contributed by atoms with E-state index in [2.05, 4.69) is 10.00 Å². The molecule has 2 aliphatic rings. The van der Waals surface area contributed by atoms with Gasteiger partial charge in [-0.25, -0.2) is 9.07 Å². The van der Waals surface area contributed by atoms with E-state index >= 15 is 0 Å². The van der Waals surface area contributed by atoms with Crippen molar-refractivity contribution in [3.63, 3.8) is 0 Å². The van der Waals surface area contributed by atoms with Gasteiger partial charge in [-0.05, 0) is 43.5 Å². The fourth-order valence-electron chi connectivity index (χ4n) is 4.08. The number of ether oxygens (including phenoxy) is 1. The molecule has 1 unspecified atom stereocenters. The van der Waals surface area contributed by atoms with Crippen LogP contribution in [0.1, 0.15) is 35.8 Å². The van der Waals surface area contributed by atoms with Gasteiger partial charge in [-0.15, -0.1) is 0 Å². The van der Waals surface area contributed by atoms with E-state index in [4.69, 9.17) is 4.74 Å². The Bertz CT molecular complexity index is 806. The van der Waals surface area contributed by atoms with Crippen LogP contribution in [0, 0.1) is 5.82 Å². The molecule has 0 bridgehead atoms. The van der Waals surface area contributed by atoms with Crippen molar-refractivity contribution in [2.24, 2.45) is 0 Å². The molecule has 0 saturated carbocycles. The highest BCUT2D eigenvalue weighted by atomic mass is 19.1. The molecule has 7 heteroatoms. The van der Waals surface area contributed by atoms with Gasteiger partial charge in [0.05, 0.1) is 29.2 Å². The Balaban J connectivity index is 1.43. The van der Waals surface area contributed by atoms with Gasteiger partial charge < -0.3 is 9.64 Å². The number of benzene rings is 1. The summed E-state index contributed by atoms with van der Waals surface area (Å²) in [5.41, 5.74) is 2.26. The van der Waals surface area contributed by atoms with Crippen molar-refractivity contribution in [1.82, 2.24) is 19.6 Å². The van der Waals surface area contributed by atoms with Gasteiger partial charge in [0, 0.05) is 39.3 Å². The van der Waals surface area contributed by atoms with Crippen LogP contribution in [-0.2, 0) is 11.2 Å². The average molecular weight is 386 g/mol. The number of amides is 1.